The quantitative estimate of drug-likeness (QED) is 0.656. The van der Waals surface area contributed by atoms with Crippen molar-refractivity contribution < 1.29 is 14.7 Å². The van der Waals surface area contributed by atoms with Gasteiger partial charge >= 0.3 is 12.0 Å². The fraction of sp³-hybridized carbons (Fsp3) is 0.692. The molecule has 0 radical (unpaired) electrons. The summed E-state index contributed by atoms with van der Waals surface area (Å²) >= 11 is 0. The van der Waals surface area contributed by atoms with Gasteiger partial charge in [0, 0.05) is 6.04 Å². The van der Waals surface area contributed by atoms with E-state index in [-0.39, 0.29) is 18.0 Å². The highest BCUT2D eigenvalue weighted by atomic mass is 16.4. The van der Waals surface area contributed by atoms with Crippen molar-refractivity contribution in [3.63, 3.8) is 0 Å². The second-order valence-electron chi connectivity index (χ2n) is 4.80. The van der Waals surface area contributed by atoms with E-state index in [1.807, 2.05) is 19.9 Å². The van der Waals surface area contributed by atoms with E-state index in [1.54, 1.807) is 0 Å². The highest BCUT2D eigenvalue weighted by Crippen LogP contribution is 2.11. The van der Waals surface area contributed by atoms with Crippen LogP contribution >= 0.6 is 0 Å². The average molecular weight is 254 g/mol. The SMILES string of the molecule is CCC(C)C(NC(=O)NC1CC=CCC1)C(=O)O. The summed E-state index contributed by atoms with van der Waals surface area (Å²) in [5.74, 6) is -1.07. The molecule has 0 bridgehead atoms. The maximum absolute atomic E-state index is 11.7. The molecule has 0 saturated carbocycles. The van der Waals surface area contributed by atoms with Gasteiger partial charge in [-0.2, -0.15) is 0 Å². The van der Waals surface area contributed by atoms with Crippen LogP contribution in [0.5, 0.6) is 0 Å². The van der Waals surface area contributed by atoms with Gasteiger partial charge in [-0.3, -0.25) is 0 Å². The molecular formula is C13H22N2O3. The number of carboxylic acid groups (broad SMARTS) is 1. The lowest BCUT2D eigenvalue weighted by Gasteiger charge is -2.24. The van der Waals surface area contributed by atoms with Crippen LogP contribution in [0.3, 0.4) is 0 Å². The third kappa shape index (κ3) is 4.39. The number of nitrogens with one attached hydrogen (secondary N) is 2. The third-order valence-corrected chi connectivity index (χ3v) is 3.37. The number of aliphatic carboxylic acids is 1. The van der Waals surface area contributed by atoms with Crippen molar-refractivity contribution >= 4 is 12.0 Å². The van der Waals surface area contributed by atoms with Crippen LogP contribution in [0.25, 0.3) is 0 Å². The van der Waals surface area contributed by atoms with Gasteiger partial charge in [-0.25, -0.2) is 9.59 Å². The van der Waals surface area contributed by atoms with Crippen molar-refractivity contribution in [2.24, 2.45) is 5.92 Å². The normalized spacial score (nSPS) is 22.0. The molecule has 0 aromatic rings. The smallest absolute Gasteiger partial charge is 0.326 e. The lowest BCUT2D eigenvalue weighted by molar-refractivity contribution is -0.140. The largest absolute Gasteiger partial charge is 0.480 e. The Labute approximate surface area is 108 Å². The van der Waals surface area contributed by atoms with Crippen LogP contribution in [0.15, 0.2) is 12.2 Å². The molecule has 0 aromatic carbocycles. The Kier molecular flexibility index (Phi) is 5.68. The van der Waals surface area contributed by atoms with Crippen LogP contribution in [0.4, 0.5) is 4.79 Å². The molecule has 3 unspecified atom stereocenters. The Balaban J connectivity index is 2.45. The molecule has 5 nitrogen and oxygen atoms in total. The van der Waals surface area contributed by atoms with Crippen LogP contribution in [0.2, 0.25) is 0 Å². The molecule has 3 N–H and O–H groups in total. The zero-order valence-corrected chi connectivity index (χ0v) is 11.0. The molecule has 1 aliphatic rings. The Morgan fingerprint density at radius 1 is 1.44 bits per heavy atom. The van der Waals surface area contributed by atoms with E-state index >= 15 is 0 Å². The fourth-order valence-corrected chi connectivity index (χ4v) is 1.98. The second-order valence-corrected chi connectivity index (χ2v) is 4.80. The summed E-state index contributed by atoms with van der Waals surface area (Å²) in [6, 6.07) is -1.10. The van der Waals surface area contributed by atoms with Crippen molar-refractivity contribution in [3.05, 3.63) is 12.2 Å². The first-order valence-electron chi connectivity index (χ1n) is 6.49. The lowest BCUT2D eigenvalue weighted by Crippen LogP contribution is -2.51. The first-order valence-corrected chi connectivity index (χ1v) is 6.49. The van der Waals surface area contributed by atoms with Gasteiger partial charge in [0.25, 0.3) is 0 Å². The predicted molar refractivity (Wildman–Crippen MR) is 69.3 cm³/mol. The van der Waals surface area contributed by atoms with Crippen molar-refractivity contribution in [1.29, 1.82) is 0 Å². The van der Waals surface area contributed by atoms with Crippen LogP contribution in [-0.4, -0.2) is 29.2 Å². The number of hydrogen-bond acceptors (Lipinski definition) is 2. The van der Waals surface area contributed by atoms with E-state index in [0.717, 1.165) is 19.3 Å². The minimum absolute atomic E-state index is 0.0838. The third-order valence-electron chi connectivity index (χ3n) is 3.37. The molecule has 2 amide bonds. The van der Waals surface area contributed by atoms with Gasteiger partial charge in [0.05, 0.1) is 0 Å². The first-order chi connectivity index (χ1) is 8.54. The molecular weight excluding hydrogens is 232 g/mol. The van der Waals surface area contributed by atoms with Gasteiger partial charge in [-0.15, -0.1) is 0 Å². The van der Waals surface area contributed by atoms with Crippen LogP contribution in [-0.2, 0) is 4.79 Å². The number of carbonyl (C=O) groups excluding carboxylic acids is 1. The van der Waals surface area contributed by atoms with Crippen LogP contribution < -0.4 is 10.6 Å². The predicted octanol–water partition coefficient (Wildman–Crippen LogP) is 1.89. The number of urea groups is 1. The Hall–Kier alpha value is -1.52. The highest BCUT2D eigenvalue weighted by Gasteiger charge is 2.26. The standard InChI is InChI=1S/C13H22N2O3/c1-3-9(2)11(12(16)17)15-13(18)14-10-7-5-4-6-8-10/h4-5,9-11H,3,6-8H2,1-2H3,(H,16,17)(H2,14,15,18). The molecule has 5 heteroatoms. The highest BCUT2D eigenvalue weighted by molar-refractivity contribution is 5.82. The van der Waals surface area contributed by atoms with Crippen LogP contribution in [0.1, 0.15) is 39.5 Å². The Morgan fingerprint density at radius 2 is 2.17 bits per heavy atom. The molecule has 0 fully saturated rings. The Morgan fingerprint density at radius 3 is 2.67 bits per heavy atom. The molecule has 3 atom stereocenters. The molecule has 0 saturated heterocycles. The van der Waals surface area contributed by atoms with Gasteiger partial charge in [-0.05, 0) is 25.2 Å². The monoisotopic (exact) mass is 254 g/mol. The van der Waals surface area contributed by atoms with Crippen molar-refractivity contribution in [3.8, 4) is 0 Å². The first kappa shape index (κ1) is 14.5. The number of carboxylic acids is 1. The van der Waals surface area contributed by atoms with E-state index in [4.69, 9.17) is 5.11 Å². The second kappa shape index (κ2) is 7.03. The van der Waals surface area contributed by atoms with Gasteiger partial charge < -0.3 is 15.7 Å². The average Bonchev–Trinajstić information content (AvgIpc) is 2.36. The molecule has 1 rings (SSSR count). The minimum Gasteiger partial charge on any atom is -0.480 e. The molecule has 18 heavy (non-hydrogen) atoms. The van der Waals surface area contributed by atoms with E-state index in [9.17, 15) is 9.59 Å². The van der Waals surface area contributed by atoms with E-state index in [1.165, 1.54) is 0 Å². The zero-order valence-electron chi connectivity index (χ0n) is 11.0. The summed E-state index contributed by atoms with van der Waals surface area (Å²) in [4.78, 5) is 22.8. The lowest BCUT2D eigenvalue weighted by atomic mass is 9.99. The minimum atomic E-state index is -0.983. The summed E-state index contributed by atoms with van der Waals surface area (Å²) in [6.45, 7) is 3.73. The molecule has 0 spiro atoms. The van der Waals surface area contributed by atoms with Crippen LogP contribution in [0, 0.1) is 5.92 Å². The molecule has 0 heterocycles. The van der Waals surface area contributed by atoms with E-state index < -0.39 is 12.0 Å². The summed E-state index contributed by atoms with van der Waals surface area (Å²) in [5.41, 5.74) is 0. The number of carbonyl (C=O) groups is 2. The summed E-state index contributed by atoms with van der Waals surface area (Å²) in [6.07, 6.45) is 7.52. The number of amides is 2. The number of rotatable bonds is 5. The number of allylic oxidation sites excluding steroid dienone is 1. The molecule has 1 aliphatic carbocycles. The molecule has 0 aromatic heterocycles. The van der Waals surface area contributed by atoms with Crippen molar-refractivity contribution in [2.75, 3.05) is 0 Å². The summed E-state index contributed by atoms with van der Waals surface area (Å²) < 4.78 is 0. The fourth-order valence-electron chi connectivity index (χ4n) is 1.98. The van der Waals surface area contributed by atoms with Gasteiger partial charge in [0.2, 0.25) is 0 Å². The van der Waals surface area contributed by atoms with Gasteiger partial charge in [-0.1, -0.05) is 32.4 Å². The van der Waals surface area contributed by atoms with Gasteiger partial charge in [0.1, 0.15) is 6.04 Å². The maximum atomic E-state index is 11.7. The Bertz CT molecular complexity index is 328. The van der Waals surface area contributed by atoms with Crippen molar-refractivity contribution in [1.82, 2.24) is 10.6 Å². The van der Waals surface area contributed by atoms with Crippen molar-refractivity contribution in [2.45, 2.75) is 51.6 Å². The number of hydrogen-bond donors (Lipinski definition) is 3. The topological polar surface area (TPSA) is 78.4 Å². The molecule has 0 aliphatic heterocycles. The summed E-state index contributed by atoms with van der Waals surface area (Å²) in [7, 11) is 0. The van der Waals surface area contributed by atoms with Gasteiger partial charge in [0.15, 0.2) is 0 Å². The van der Waals surface area contributed by atoms with E-state index in [0.29, 0.717) is 6.42 Å². The molecule has 102 valence electrons. The van der Waals surface area contributed by atoms with E-state index in [2.05, 4.69) is 16.7 Å². The maximum Gasteiger partial charge on any atom is 0.326 e. The zero-order chi connectivity index (χ0) is 13.5. The summed E-state index contributed by atoms with van der Waals surface area (Å²) in [5, 5.41) is 14.4.